The maximum atomic E-state index is 11.9. The Morgan fingerprint density at radius 1 is 1.05 bits per heavy atom. The van der Waals surface area contributed by atoms with Gasteiger partial charge in [0.1, 0.15) is 0 Å². The normalized spacial score (nSPS) is 11.8. The summed E-state index contributed by atoms with van der Waals surface area (Å²) in [7, 11) is 1.85. The Bertz CT molecular complexity index is 489. The molecule has 0 aromatic heterocycles. The third-order valence-corrected chi connectivity index (χ3v) is 3.47. The van der Waals surface area contributed by atoms with E-state index >= 15 is 0 Å². The molecule has 1 atom stereocenters. The van der Waals surface area contributed by atoms with Gasteiger partial charge in [0.25, 0.3) is 11.8 Å². The summed E-state index contributed by atoms with van der Waals surface area (Å²) < 4.78 is 0. The first-order valence-corrected chi connectivity index (χ1v) is 7.92. The zero-order valence-corrected chi connectivity index (χ0v) is 13.9. The molecule has 5 nitrogen and oxygen atoms in total. The average molecular weight is 306 g/mol. The molecule has 0 aliphatic rings. The van der Waals surface area contributed by atoms with E-state index in [1.54, 1.807) is 0 Å². The highest BCUT2D eigenvalue weighted by atomic mass is 16.2. The summed E-state index contributed by atoms with van der Waals surface area (Å²) in [6, 6.07) is 8.18. The standard InChI is InChI=1S/C17H27N3O2/c1-4-10-18-16(21)12-20(3)13-17(22)19-11-9-15-8-6-5-7-14(15)2/h5-8H,4,9-13H2,1-3H3,(H,18,21)(H,19,22)/p+1. The number of hydrogen-bond donors (Lipinski definition) is 3. The van der Waals surface area contributed by atoms with Crippen LogP contribution in [0.4, 0.5) is 0 Å². The van der Waals surface area contributed by atoms with Crippen molar-refractivity contribution in [3.05, 3.63) is 35.4 Å². The second-order valence-electron chi connectivity index (χ2n) is 5.69. The summed E-state index contributed by atoms with van der Waals surface area (Å²) in [5.74, 6) is -0.0264. The number of carbonyl (C=O) groups excluding carboxylic acids is 2. The Hall–Kier alpha value is -1.88. The molecule has 1 rings (SSSR count). The van der Waals surface area contributed by atoms with E-state index in [0.29, 0.717) is 26.2 Å². The molecule has 0 bridgehead atoms. The van der Waals surface area contributed by atoms with E-state index in [2.05, 4.69) is 29.7 Å². The quantitative estimate of drug-likeness (QED) is 0.586. The zero-order valence-electron chi connectivity index (χ0n) is 13.9. The molecule has 3 N–H and O–H groups in total. The Morgan fingerprint density at radius 3 is 2.23 bits per heavy atom. The Labute approximate surface area is 133 Å². The van der Waals surface area contributed by atoms with Gasteiger partial charge in [0.2, 0.25) is 0 Å². The number of benzene rings is 1. The molecule has 1 unspecified atom stereocenters. The molecule has 5 heteroatoms. The van der Waals surface area contributed by atoms with Gasteiger partial charge in [-0.05, 0) is 30.9 Å². The van der Waals surface area contributed by atoms with Crippen LogP contribution < -0.4 is 15.5 Å². The lowest BCUT2D eigenvalue weighted by atomic mass is 10.1. The van der Waals surface area contributed by atoms with Gasteiger partial charge < -0.3 is 15.5 Å². The van der Waals surface area contributed by atoms with E-state index in [4.69, 9.17) is 0 Å². The number of amides is 2. The fourth-order valence-corrected chi connectivity index (χ4v) is 2.23. The van der Waals surface area contributed by atoms with E-state index in [0.717, 1.165) is 17.7 Å². The summed E-state index contributed by atoms with van der Waals surface area (Å²) in [6.07, 6.45) is 1.75. The highest BCUT2D eigenvalue weighted by Gasteiger charge is 2.13. The summed E-state index contributed by atoms with van der Waals surface area (Å²) in [5, 5.41) is 5.73. The number of likely N-dealkylation sites (N-methyl/N-ethyl adjacent to an activating group) is 1. The minimum Gasteiger partial charge on any atom is -0.351 e. The van der Waals surface area contributed by atoms with Crippen LogP contribution in [0.25, 0.3) is 0 Å². The smallest absolute Gasteiger partial charge is 0.275 e. The maximum Gasteiger partial charge on any atom is 0.275 e. The Balaban J connectivity index is 2.23. The van der Waals surface area contributed by atoms with Crippen LogP contribution in [0.15, 0.2) is 24.3 Å². The second-order valence-corrected chi connectivity index (χ2v) is 5.69. The fraction of sp³-hybridized carbons (Fsp3) is 0.529. The lowest BCUT2D eigenvalue weighted by Crippen LogP contribution is -3.11. The van der Waals surface area contributed by atoms with Gasteiger partial charge in [-0.3, -0.25) is 9.59 Å². The Kier molecular flexibility index (Phi) is 8.22. The Morgan fingerprint density at radius 2 is 1.64 bits per heavy atom. The predicted octanol–water partition coefficient (Wildman–Crippen LogP) is -0.305. The molecule has 0 aliphatic carbocycles. The van der Waals surface area contributed by atoms with Gasteiger partial charge in [0.05, 0.1) is 7.05 Å². The first kappa shape index (κ1) is 18.2. The van der Waals surface area contributed by atoms with Crippen molar-refractivity contribution in [2.75, 3.05) is 33.2 Å². The molecule has 22 heavy (non-hydrogen) atoms. The molecule has 0 saturated carbocycles. The van der Waals surface area contributed by atoms with Gasteiger partial charge in [-0.1, -0.05) is 31.2 Å². The van der Waals surface area contributed by atoms with Gasteiger partial charge in [0, 0.05) is 13.1 Å². The van der Waals surface area contributed by atoms with E-state index in [-0.39, 0.29) is 11.8 Å². The van der Waals surface area contributed by atoms with Crippen LogP contribution >= 0.6 is 0 Å². The first-order valence-electron chi connectivity index (χ1n) is 7.92. The lowest BCUT2D eigenvalue weighted by molar-refractivity contribution is -0.862. The summed E-state index contributed by atoms with van der Waals surface area (Å²) >= 11 is 0. The highest BCUT2D eigenvalue weighted by Crippen LogP contribution is 2.06. The number of nitrogens with one attached hydrogen (secondary N) is 3. The number of hydrogen-bond acceptors (Lipinski definition) is 2. The molecule has 0 heterocycles. The summed E-state index contributed by atoms with van der Waals surface area (Å²) in [5.41, 5.74) is 2.49. The fourth-order valence-electron chi connectivity index (χ4n) is 2.23. The van der Waals surface area contributed by atoms with Crippen LogP contribution in [0.3, 0.4) is 0 Å². The van der Waals surface area contributed by atoms with E-state index < -0.39 is 0 Å². The maximum absolute atomic E-state index is 11.9. The van der Waals surface area contributed by atoms with Crippen molar-refractivity contribution in [1.29, 1.82) is 0 Å². The van der Waals surface area contributed by atoms with E-state index in [9.17, 15) is 9.59 Å². The van der Waals surface area contributed by atoms with Crippen molar-refractivity contribution >= 4 is 11.8 Å². The molecular formula is C17H28N3O2+. The van der Waals surface area contributed by atoms with Gasteiger partial charge in [0.15, 0.2) is 13.1 Å². The third kappa shape index (κ3) is 7.22. The first-order chi connectivity index (χ1) is 10.5. The highest BCUT2D eigenvalue weighted by molar-refractivity contribution is 5.78. The molecule has 1 aromatic rings. The molecule has 122 valence electrons. The van der Waals surface area contributed by atoms with Crippen LogP contribution in [0.5, 0.6) is 0 Å². The number of aryl methyl sites for hydroxylation is 1. The van der Waals surface area contributed by atoms with Crippen molar-refractivity contribution < 1.29 is 14.5 Å². The van der Waals surface area contributed by atoms with Crippen LogP contribution in [0.2, 0.25) is 0 Å². The van der Waals surface area contributed by atoms with Crippen LogP contribution in [-0.4, -0.2) is 45.0 Å². The molecule has 0 aliphatic heterocycles. The molecule has 2 amide bonds. The number of rotatable bonds is 9. The summed E-state index contributed by atoms with van der Waals surface area (Å²) in [6.45, 7) is 6.04. The number of carbonyl (C=O) groups is 2. The summed E-state index contributed by atoms with van der Waals surface area (Å²) in [4.78, 5) is 24.3. The molecule has 0 saturated heterocycles. The SMILES string of the molecule is CCCNC(=O)C[NH+](C)CC(=O)NCCc1ccccc1C. The van der Waals surface area contributed by atoms with Crippen molar-refractivity contribution in [2.45, 2.75) is 26.7 Å². The van der Waals surface area contributed by atoms with Gasteiger partial charge >= 0.3 is 0 Å². The van der Waals surface area contributed by atoms with Crippen LogP contribution in [0.1, 0.15) is 24.5 Å². The van der Waals surface area contributed by atoms with Gasteiger partial charge in [-0.2, -0.15) is 0 Å². The molecular weight excluding hydrogens is 278 g/mol. The largest absolute Gasteiger partial charge is 0.351 e. The van der Waals surface area contributed by atoms with Crippen molar-refractivity contribution in [1.82, 2.24) is 10.6 Å². The average Bonchev–Trinajstić information content (AvgIpc) is 2.47. The van der Waals surface area contributed by atoms with Crippen molar-refractivity contribution in [3.8, 4) is 0 Å². The topological polar surface area (TPSA) is 62.6 Å². The molecule has 0 fully saturated rings. The minimum absolute atomic E-state index is 0.00735. The van der Waals surface area contributed by atoms with Crippen LogP contribution in [0, 0.1) is 6.92 Å². The third-order valence-electron chi connectivity index (χ3n) is 3.47. The number of quaternary nitrogens is 1. The second kappa shape index (κ2) is 9.95. The zero-order chi connectivity index (χ0) is 16.4. The van der Waals surface area contributed by atoms with E-state index in [1.807, 2.05) is 26.1 Å². The monoisotopic (exact) mass is 306 g/mol. The van der Waals surface area contributed by atoms with Gasteiger partial charge in [-0.15, -0.1) is 0 Å². The molecule has 0 radical (unpaired) electrons. The van der Waals surface area contributed by atoms with Crippen LogP contribution in [-0.2, 0) is 16.0 Å². The lowest BCUT2D eigenvalue weighted by Gasteiger charge is -2.13. The van der Waals surface area contributed by atoms with Gasteiger partial charge in [-0.25, -0.2) is 0 Å². The van der Waals surface area contributed by atoms with E-state index in [1.165, 1.54) is 11.1 Å². The molecule has 1 aromatic carbocycles. The predicted molar refractivity (Wildman–Crippen MR) is 87.8 cm³/mol. The minimum atomic E-state index is -0.0191. The molecule has 0 spiro atoms. The van der Waals surface area contributed by atoms with Crippen molar-refractivity contribution in [2.24, 2.45) is 0 Å². The van der Waals surface area contributed by atoms with Crippen molar-refractivity contribution in [3.63, 3.8) is 0 Å².